The fourth-order valence-corrected chi connectivity index (χ4v) is 7.31. The van der Waals surface area contributed by atoms with Crippen LogP contribution in [-0.2, 0) is 24.5 Å². The van der Waals surface area contributed by atoms with Gasteiger partial charge in [-0.1, -0.05) is 22.8 Å². The second-order valence-electron chi connectivity index (χ2n) is 11.1. The number of nitrogens with two attached hydrogens (primary N) is 2. The van der Waals surface area contributed by atoms with E-state index in [2.05, 4.69) is 31.3 Å². The highest BCUT2D eigenvalue weighted by Gasteiger charge is 2.32. The lowest BCUT2D eigenvalue weighted by Crippen LogP contribution is -2.32. The summed E-state index contributed by atoms with van der Waals surface area (Å²) in [6.45, 7) is 1.98. The van der Waals surface area contributed by atoms with Crippen LogP contribution in [0.2, 0.25) is 5.02 Å². The predicted molar refractivity (Wildman–Crippen MR) is 167 cm³/mol. The lowest BCUT2D eigenvalue weighted by atomic mass is 9.91. The Morgan fingerprint density at radius 3 is 2.78 bits per heavy atom. The first-order valence-corrected chi connectivity index (χ1v) is 15.2. The van der Waals surface area contributed by atoms with Crippen molar-refractivity contribution in [3.8, 4) is 17.2 Å². The summed E-state index contributed by atoms with van der Waals surface area (Å²) in [4.78, 5) is 29.7. The second kappa shape index (κ2) is 11.1. The number of likely N-dealkylation sites (N-methyl/N-ethyl adjacent to an activating group) is 1. The van der Waals surface area contributed by atoms with E-state index in [1.165, 1.54) is 6.07 Å². The molecule has 16 heteroatoms. The number of thiophene rings is 1. The van der Waals surface area contributed by atoms with Gasteiger partial charge in [0.15, 0.2) is 5.82 Å². The molecule has 2 aromatic carbocycles. The van der Waals surface area contributed by atoms with Crippen molar-refractivity contribution >= 4 is 66.6 Å². The molecule has 5 heterocycles. The Bertz CT molecular complexity index is 2070. The molecule has 13 nitrogen and oxygen atoms in total. The summed E-state index contributed by atoms with van der Waals surface area (Å²) in [6.07, 6.45) is 0.928. The zero-order valence-corrected chi connectivity index (χ0v) is 25.7. The minimum absolute atomic E-state index is 0.0654. The number of carbonyl (C=O) groups is 1. The second-order valence-corrected chi connectivity index (χ2v) is 12.5. The number of ether oxygens (including phenoxy) is 1. The molecule has 1 fully saturated rings. The number of aromatic nitrogens is 4. The molecule has 1 unspecified atom stereocenters. The maximum absolute atomic E-state index is 15.0. The quantitative estimate of drug-likeness (QED) is 0.230. The van der Waals surface area contributed by atoms with Gasteiger partial charge in [0, 0.05) is 30.1 Å². The predicted octanol–water partition coefficient (Wildman–Crippen LogP) is 4.02. The number of primary amides is 1. The van der Waals surface area contributed by atoms with Crippen LogP contribution in [0.15, 0.2) is 16.7 Å². The van der Waals surface area contributed by atoms with Gasteiger partial charge in [-0.3, -0.25) is 4.79 Å². The van der Waals surface area contributed by atoms with E-state index < -0.39 is 11.7 Å². The van der Waals surface area contributed by atoms with Crippen molar-refractivity contribution < 1.29 is 18.4 Å². The first kappa shape index (κ1) is 29.1. The number of hydrogen-bond acceptors (Lipinski definition) is 13. The number of amides is 1. The van der Waals surface area contributed by atoms with Gasteiger partial charge in [0.25, 0.3) is 0 Å². The Morgan fingerprint density at radius 1 is 1.27 bits per heavy atom. The molecule has 3 aromatic heterocycles. The van der Waals surface area contributed by atoms with Crippen molar-refractivity contribution in [1.82, 2.24) is 25.0 Å². The van der Waals surface area contributed by atoms with Crippen molar-refractivity contribution in [1.29, 1.82) is 5.26 Å². The maximum atomic E-state index is 15.0. The highest BCUT2D eigenvalue weighted by molar-refractivity contribution is 7.23. The Labute approximate surface area is 264 Å². The molecule has 0 saturated carbocycles. The smallest absolute Gasteiger partial charge is 0.315 e. The largest absolute Gasteiger partial charge is 0.389 e. The number of anilines is 3. The van der Waals surface area contributed by atoms with E-state index in [4.69, 9.17) is 42.3 Å². The molecule has 45 heavy (non-hydrogen) atoms. The summed E-state index contributed by atoms with van der Waals surface area (Å²) in [5.74, 6) is -0.471. The third-order valence-electron chi connectivity index (χ3n) is 8.25. The van der Waals surface area contributed by atoms with E-state index in [0.717, 1.165) is 35.4 Å². The van der Waals surface area contributed by atoms with Gasteiger partial charge in [-0.2, -0.15) is 15.2 Å². The zero-order valence-electron chi connectivity index (χ0n) is 24.1. The molecular formula is C29H26ClFN10O3S. The summed E-state index contributed by atoms with van der Waals surface area (Å²) < 4.78 is 26.1. The van der Waals surface area contributed by atoms with Crippen LogP contribution in [0.1, 0.15) is 39.6 Å². The van der Waals surface area contributed by atoms with E-state index in [1.807, 2.05) is 14.1 Å². The average Bonchev–Trinajstić information content (AvgIpc) is 3.83. The number of nitrogens with zero attached hydrogens (tertiary/aromatic N) is 7. The fourth-order valence-electron chi connectivity index (χ4n) is 6.01. The number of fused-ring (bicyclic) bond motifs is 4. The van der Waals surface area contributed by atoms with Crippen molar-refractivity contribution in [2.45, 2.75) is 32.2 Å². The summed E-state index contributed by atoms with van der Waals surface area (Å²) in [6, 6.07) is 5.42. The van der Waals surface area contributed by atoms with E-state index in [0.29, 0.717) is 56.8 Å². The molecule has 0 spiro atoms. The van der Waals surface area contributed by atoms with Gasteiger partial charge >= 0.3 is 11.8 Å². The van der Waals surface area contributed by atoms with E-state index in [-0.39, 0.29) is 46.7 Å². The molecule has 2 aliphatic heterocycles. The summed E-state index contributed by atoms with van der Waals surface area (Å²) in [7, 11) is 4.08. The Kier molecular flexibility index (Phi) is 7.16. The van der Waals surface area contributed by atoms with E-state index in [1.54, 1.807) is 6.07 Å². The first-order chi connectivity index (χ1) is 21.7. The van der Waals surface area contributed by atoms with Gasteiger partial charge in [0.2, 0.25) is 5.95 Å². The van der Waals surface area contributed by atoms with Crippen LogP contribution < -0.4 is 21.7 Å². The van der Waals surface area contributed by atoms with Gasteiger partial charge in [-0.05, 0) is 43.3 Å². The van der Waals surface area contributed by atoms with Gasteiger partial charge in [0.05, 0.1) is 45.9 Å². The summed E-state index contributed by atoms with van der Waals surface area (Å²) >= 11 is 8.32. The fraction of sp³-hybridized carbons (Fsp3) is 0.310. The van der Waals surface area contributed by atoms with Crippen LogP contribution in [0.3, 0.4) is 0 Å². The molecule has 230 valence electrons. The number of carbonyl (C=O) groups excluding carboxylic acids is 1. The average molecular weight is 649 g/mol. The molecule has 2 aliphatic rings. The molecule has 1 amide bonds. The Morgan fingerprint density at radius 2 is 2.07 bits per heavy atom. The van der Waals surface area contributed by atoms with E-state index >= 15 is 0 Å². The number of nitrogen functional groups attached to an aromatic ring is 1. The third-order valence-corrected chi connectivity index (χ3v) is 9.65. The van der Waals surface area contributed by atoms with Gasteiger partial charge in [-0.25, -0.2) is 9.37 Å². The maximum Gasteiger partial charge on any atom is 0.315 e. The third kappa shape index (κ3) is 4.77. The number of rotatable bonds is 7. The van der Waals surface area contributed by atoms with Gasteiger partial charge in [0.1, 0.15) is 22.7 Å². The number of hydrogen-bond donors (Lipinski definition) is 3. The molecular weight excluding hydrogens is 623 g/mol. The summed E-state index contributed by atoms with van der Waals surface area (Å²) in [5.41, 5.74) is 14.8. The van der Waals surface area contributed by atoms with Crippen LogP contribution in [0.4, 0.5) is 21.2 Å². The van der Waals surface area contributed by atoms with Crippen molar-refractivity contribution in [2.75, 3.05) is 43.1 Å². The molecule has 5 N–H and O–H groups in total. The number of nitriles is 1. The summed E-state index contributed by atoms with van der Waals surface area (Å²) in [5, 5.41) is 18.7. The molecule has 7 rings (SSSR count). The Balaban J connectivity index is 1.45. The van der Waals surface area contributed by atoms with Crippen LogP contribution in [-0.4, -0.2) is 64.1 Å². The first-order valence-electron chi connectivity index (χ1n) is 14.0. The molecule has 1 saturated heterocycles. The van der Waals surface area contributed by atoms with Crippen LogP contribution >= 0.6 is 22.9 Å². The van der Waals surface area contributed by atoms with Crippen LogP contribution in [0, 0.1) is 17.1 Å². The van der Waals surface area contributed by atoms with Gasteiger partial charge in [-0.15, -0.1) is 11.3 Å². The molecule has 1 atom stereocenters. The van der Waals surface area contributed by atoms with Gasteiger partial charge < -0.3 is 35.8 Å². The molecule has 5 aromatic rings. The molecule has 0 aliphatic carbocycles. The monoisotopic (exact) mass is 648 g/mol. The van der Waals surface area contributed by atoms with Crippen LogP contribution in [0.5, 0.6) is 0 Å². The minimum Gasteiger partial charge on any atom is -0.389 e. The Hall–Kier alpha value is -4.62. The molecule has 0 radical (unpaired) electrons. The number of nitrogens with one attached hydrogen (secondary N) is 1. The van der Waals surface area contributed by atoms with Crippen molar-refractivity contribution in [3.63, 3.8) is 0 Å². The molecule has 0 bridgehead atoms. The number of benzene rings is 2. The number of halogens is 2. The standard InChI is InChI=1S/C29H26ClFN10O3S/c1-40(2)12-5-6-41(9-12)29-37-23-21(27(38-29)35-8-18-36-28(25(33)42)44-39-18)16-11-43-10-15(16)19(22(23)30)13-3-4-17(31)24-20(13)14(7-32)26(34)45-24/h3-4,12H,5-6,8-11,34H2,1-2H3,(H2,33,42)(H,35,37,38). The highest BCUT2D eigenvalue weighted by atomic mass is 35.5. The highest BCUT2D eigenvalue weighted by Crippen LogP contribution is 2.49. The SMILES string of the molecule is CN(C)C1CCN(c2nc(NCc3noc(C(N)=O)n3)c3c4c(c(-c5ccc(F)c6sc(N)c(C#N)c56)c(Cl)c3n2)COC4)C1. The van der Waals surface area contributed by atoms with Crippen molar-refractivity contribution in [3.05, 3.63) is 51.4 Å². The lowest BCUT2D eigenvalue weighted by Gasteiger charge is -2.23. The van der Waals surface area contributed by atoms with Crippen LogP contribution in [0.25, 0.3) is 32.1 Å². The zero-order chi connectivity index (χ0) is 31.6. The topological polar surface area (TPSA) is 185 Å². The lowest BCUT2D eigenvalue weighted by molar-refractivity contribution is 0.0958. The minimum atomic E-state index is -0.830. The normalized spacial score (nSPS) is 16.2. The van der Waals surface area contributed by atoms with Crippen molar-refractivity contribution in [2.24, 2.45) is 5.73 Å². The van der Waals surface area contributed by atoms with E-state index in [9.17, 15) is 14.4 Å².